The van der Waals surface area contributed by atoms with Crippen molar-refractivity contribution in [2.45, 2.75) is 6.92 Å². The predicted molar refractivity (Wildman–Crippen MR) is 66.4 cm³/mol. The van der Waals surface area contributed by atoms with Gasteiger partial charge in [-0.25, -0.2) is 9.78 Å². The summed E-state index contributed by atoms with van der Waals surface area (Å²) in [6.45, 7) is 1.93. The third-order valence-corrected chi connectivity index (χ3v) is 2.84. The number of rotatable bonds is 2. The Kier molecular flexibility index (Phi) is 3.11. The van der Waals surface area contributed by atoms with Gasteiger partial charge in [0.2, 0.25) is 0 Å². The van der Waals surface area contributed by atoms with Crippen LogP contribution in [-0.2, 0) is 0 Å². The third-order valence-electron chi connectivity index (χ3n) is 2.55. The van der Waals surface area contributed by atoms with E-state index >= 15 is 0 Å². The second-order valence-electron chi connectivity index (χ2n) is 3.64. The van der Waals surface area contributed by atoms with E-state index in [1.807, 2.05) is 31.2 Å². The molecular weight excluding hydrogens is 238 g/mol. The molecular formula is C13H10ClNO2. The number of aromatic nitrogens is 1. The van der Waals surface area contributed by atoms with Gasteiger partial charge in [-0.05, 0) is 24.1 Å². The number of carboxylic acid groups (broad SMARTS) is 1. The Morgan fingerprint density at radius 3 is 2.59 bits per heavy atom. The van der Waals surface area contributed by atoms with Crippen LogP contribution in [0.15, 0.2) is 36.5 Å². The maximum Gasteiger partial charge on any atom is 0.339 e. The summed E-state index contributed by atoms with van der Waals surface area (Å²) in [6, 6.07) is 9.23. The number of pyridine rings is 1. The first kappa shape index (κ1) is 11.6. The van der Waals surface area contributed by atoms with E-state index in [0.717, 1.165) is 11.1 Å². The predicted octanol–water partition coefficient (Wildman–Crippen LogP) is 3.41. The molecule has 0 unspecified atom stereocenters. The standard InChI is InChI=1S/C13H10ClNO2/c1-8-4-2-3-5-9(8)10-6-7-15-12(14)11(10)13(16)17/h2-7H,1H3,(H,16,17). The van der Waals surface area contributed by atoms with E-state index < -0.39 is 5.97 Å². The number of nitrogens with zero attached hydrogens (tertiary/aromatic N) is 1. The zero-order chi connectivity index (χ0) is 12.4. The number of aryl methyl sites for hydroxylation is 1. The van der Waals surface area contributed by atoms with Crippen LogP contribution in [0, 0.1) is 6.92 Å². The molecule has 86 valence electrons. The second kappa shape index (κ2) is 4.55. The van der Waals surface area contributed by atoms with Gasteiger partial charge >= 0.3 is 5.97 Å². The van der Waals surface area contributed by atoms with Gasteiger partial charge in [0.05, 0.1) is 0 Å². The van der Waals surface area contributed by atoms with Gasteiger partial charge in [-0.1, -0.05) is 35.9 Å². The Bertz CT molecular complexity index is 581. The lowest BCUT2D eigenvalue weighted by atomic mass is 9.98. The van der Waals surface area contributed by atoms with Crippen molar-refractivity contribution >= 4 is 17.6 Å². The Labute approximate surface area is 104 Å². The number of hydrogen-bond donors (Lipinski definition) is 1. The van der Waals surface area contributed by atoms with Gasteiger partial charge in [-0.3, -0.25) is 0 Å². The Morgan fingerprint density at radius 2 is 1.94 bits per heavy atom. The maximum absolute atomic E-state index is 11.2. The van der Waals surface area contributed by atoms with E-state index in [1.165, 1.54) is 6.20 Å². The SMILES string of the molecule is Cc1ccccc1-c1ccnc(Cl)c1C(=O)O. The van der Waals surface area contributed by atoms with Crippen molar-refractivity contribution < 1.29 is 9.90 Å². The van der Waals surface area contributed by atoms with Crippen molar-refractivity contribution in [1.29, 1.82) is 0 Å². The molecule has 4 heteroatoms. The molecule has 0 atom stereocenters. The number of carboxylic acids is 1. The number of hydrogen-bond acceptors (Lipinski definition) is 2. The number of halogens is 1. The topological polar surface area (TPSA) is 50.2 Å². The highest BCUT2D eigenvalue weighted by molar-refractivity contribution is 6.33. The third kappa shape index (κ3) is 2.15. The molecule has 0 aliphatic heterocycles. The summed E-state index contributed by atoms with van der Waals surface area (Å²) in [5, 5.41) is 9.19. The summed E-state index contributed by atoms with van der Waals surface area (Å²) >= 11 is 5.83. The number of carbonyl (C=O) groups is 1. The van der Waals surface area contributed by atoms with Crippen LogP contribution >= 0.6 is 11.6 Å². The minimum atomic E-state index is -1.07. The Hall–Kier alpha value is -1.87. The fourth-order valence-electron chi connectivity index (χ4n) is 1.74. The van der Waals surface area contributed by atoms with Crippen molar-refractivity contribution in [2.75, 3.05) is 0 Å². The summed E-state index contributed by atoms with van der Waals surface area (Å²) in [7, 11) is 0. The summed E-state index contributed by atoms with van der Waals surface area (Å²) in [6.07, 6.45) is 1.51. The van der Waals surface area contributed by atoms with Crippen LogP contribution in [-0.4, -0.2) is 16.1 Å². The smallest absolute Gasteiger partial charge is 0.339 e. The summed E-state index contributed by atoms with van der Waals surface area (Å²) < 4.78 is 0. The van der Waals surface area contributed by atoms with Gasteiger partial charge in [0.1, 0.15) is 10.7 Å². The molecule has 0 bridgehead atoms. The first-order valence-corrected chi connectivity index (χ1v) is 5.43. The monoisotopic (exact) mass is 247 g/mol. The summed E-state index contributed by atoms with van der Waals surface area (Å²) in [5.41, 5.74) is 2.49. The van der Waals surface area contributed by atoms with E-state index in [9.17, 15) is 9.90 Å². The fourth-order valence-corrected chi connectivity index (χ4v) is 1.98. The molecule has 17 heavy (non-hydrogen) atoms. The zero-order valence-corrected chi connectivity index (χ0v) is 9.90. The van der Waals surface area contributed by atoms with Gasteiger partial charge in [0, 0.05) is 11.8 Å². The van der Waals surface area contributed by atoms with E-state index in [2.05, 4.69) is 4.98 Å². The highest BCUT2D eigenvalue weighted by Gasteiger charge is 2.17. The molecule has 2 aromatic rings. The molecule has 0 spiro atoms. The van der Waals surface area contributed by atoms with E-state index in [-0.39, 0.29) is 10.7 Å². The van der Waals surface area contributed by atoms with Crippen molar-refractivity contribution in [3.8, 4) is 11.1 Å². The molecule has 1 aromatic carbocycles. The molecule has 0 fully saturated rings. The fraction of sp³-hybridized carbons (Fsp3) is 0.0769. The lowest BCUT2D eigenvalue weighted by Gasteiger charge is -2.09. The molecule has 0 radical (unpaired) electrons. The first-order valence-electron chi connectivity index (χ1n) is 5.05. The van der Waals surface area contributed by atoms with Gasteiger partial charge in [-0.2, -0.15) is 0 Å². The minimum absolute atomic E-state index is 0.0123. The van der Waals surface area contributed by atoms with Crippen LogP contribution in [0.25, 0.3) is 11.1 Å². The van der Waals surface area contributed by atoms with Crippen LogP contribution in [0.4, 0.5) is 0 Å². The largest absolute Gasteiger partial charge is 0.478 e. The average Bonchev–Trinajstić information content (AvgIpc) is 2.28. The van der Waals surface area contributed by atoms with Gasteiger partial charge in [-0.15, -0.1) is 0 Å². The van der Waals surface area contributed by atoms with Crippen molar-refractivity contribution in [3.05, 3.63) is 52.8 Å². The van der Waals surface area contributed by atoms with Crippen LogP contribution < -0.4 is 0 Å². The quantitative estimate of drug-likeness (QED) is 0.828. The van der Waals surface area contributed by atoms with Gasteiger partial charge in [0.25, 0.3) is 0 Å². The second-order valence-corrected chi connectivity index (χ2v) is 4.00. The highest BCUT2D eigenvalue weighted by Crippen LogP contribution is 2.29. The van der Waals surface area contributed by atoms with Crippen LogP contribution in [0.2, 0.25) is 5.15 Å². The van der Waals surface area contributed by atoms with Crippen LogP contribution in [0.1, 0.15) is 15.9 Å². The lowest BCUT2D eigenvalue weighted by Crippen LogP contribution is -2.02. The lowest BCUT2D eigenvalue weighted by molar-refractivity contribution is 0.0697. The minimum Gasteiger partial charge on any atom is -0.478 e. The average molecular weight is 248 g/mol. The van der Waals surface area contributed by atoms with E-state index in [1.54, 1.807) is 6.07 Å². The van der Waals surface area contributed by atoms with Crippen molar-refractivity contribution in [2.24, 2.45) is 0 Å². The molecule has 0 saturated heterocycles. The molecule has 0 aliphatic rings. The normalized spacial score (nSPS) is 10.2. The maximum atomic E-state index is 11.2. The summed E-state index contributed by atoms with van der Waals surface area (Å²) in [5.74, 6) is -1.07. The molecule has 3 nitrogen and oxygen atoms in total. The Balaban J connectivity index is 2.72. The molecule has 2 rings (SSSR count). The Morgan fingerprint density at radius 1 is 1.24 bits per heavy atom. The molecule has 1 aromatic heterocycles. The van der Waals surface area contributed by atoms with Crippen LogP contribution in [0.3, 0.4) is 0 Å². The van der Waals surface area contributed by atoms with Gasteiger partial charge < -0.3 is 5.11 Å². The first-order chi connectivity index (χ1) is 8.11. The van der Waals surface area contributed by atoms with Crippen LogP contribution in [0.5, 0.6) is 0 Å². The van der Waals surface area contributed by atoms with Gasteiger partial charge in [0.15, 0.2) is 0 Å². The van der Waals surface area contributed by atoms with E-state index in [0.29, 0.717) is 5.56 Å². The number of benzene rings is 1. The molecule has 1 heterocycles. The highest BCUT2D eigenvalue weighted by atomic mass is 35.5. The number of aromatic carboxylic acids is 1. The molecule has 1 N–H and O–H groups in total. The zero-order valence-electron chi connectivity index (χ0n) is 9.14. The molecule has 0 saturated carbocycles. The molecule has 0 amide bonds. The van der Waals surface area contributed by atoms with E-state index in [4.69, 9.17) is 11.6 Å². The van der Waals surface area contributed by atoms with Crippen molar-refractivity contribution in [3.63, 3.8) is 0 Å². The summed E-state index contributed by atoms with van der Waals surface area (Å²) in [4.78, 5) is 15.0. The van der Waals surface area contributed by atoms with Crippen molar-refractivity contribution in [1.82, 2.24) is 4.98 Å². The molecule has 0 aliphatic carbocycles.